The summed E-state index contributed by atoms with van der Waals surface area (Å²) in [6.45, 7) is 1.94. The Kier molecular flexibility index (Phi) is 7.13. The number of benzene rings is 1. The highest BCUT2D eigenvalue weighted by atomic mass is 32.2. The van der Waals surface area contributed by atoms with Crippen molar-refractivity contribution in [2.75, 3.05) is 25.1 Å². The van der Waals surface area contributed by atoms with E-state index in [-0.39, 0.29) is 18.9 Å². The third-order valence-corrected chi connectivity index (χ3v) is 6.07. The Labute approximate surface area is 173 Å². The van der Waals surface area contributed by atoms with Crippen molar-refractivity contribution in [3.63, 3.8) is 0 Å². The van der Waals surface area contributed by atoms with Gasteiger partial charge in [0.05, 0.1) is 24.0 Å². The number of thioether (sulfide) groups is 1. The molecular formula is C20H24N2O6S. The van der Waals surface area contributed by atoms with E-state index in [0.717, 1.165) is 23.4 Å². The lowest BCUT2D eigenvalue weighted by Crippen LogP contribution is -2.50. The normalized spacial score (nSPS) is 21.0. The van der Waals surface area contributed by atoms with E-state index in [2.05, 4.69) is 5.32 Å². The minimum atomic E-state index is -0.633. The number of para-hydroxylation sites is 1. The Balaban J connectivity index is 1.51. The van der Waals surface area contributed by atoms with Crippen LogP contribution in [-0.4, -0.2) is 59.7 Å². The third-order valence-electron chi connectivity index (χ3n) is 4.80. The van der Waals surface area contributed by atoms with Gasteiger partial charge in [-0.15, -0.1) is 11.8 Å². The lowest BCUT2D eigenvalue weighted by atomic mass is 10.0. The second-order valence-electron chi connectivity index (χ2n) is 6.81. The largest absolute Gasteiger partial charge is 0.464 e. The van der Waals surface area contributed by atoms with Crippen LogP contribution in [0.25, 0.3) is 0 Å². The molecule has 2 heterocycles. The van der Waals surface area contributed by atoms with Gasteiger partial charge in [0.1, 0.15) is 6.04 Å². The van der Waals surface area contributed by atoms with Crippen molar-refractivity contribution in [2.45, 2.75) is 48.8 Å². The SMILES string of the molecule is CCOC(=O)[C@H]1CCCCN1C(=O)COC(=O)C[C@@H]1Sc2ccccc2NC1=O. The number of ether oxygens (including phenoxy) is 2. The summed E-state index contributed by atoms with van der Waals surface area (Å²) >= 11 is 1.30. The maximum atomic E-state index is 12.5. The number of carbonyl (C=O) groups is 4. The van der Waals surface area contributed by atoms with Gasteiger partial charge in [-0.3, -0.25) is 14.4 Å². The molecule has 0 radical (unpaired) electrons. The number of hydrogen-bond donors (Lipinski definition) is 1. The first-order valence-electron chi connectivity index (χ1n) is 9.68. The van der Waals surface area contributed by atoms with Crippen molar-refractivity contribution in [3.8, 4) is 0 Å². The zero-order chi connectivity index (χ0) is 20.8. The standard InChI is InChI=1S/C20H24N2O6S/c1-2-27-20(26)14-8-5-6-10-22(14)17(23)12-28-18(24)11-16-19(25)21-13-7-3-4-9-15(13)29-16/h3-4,7,9,14,16H,2,5-6,8,10-12H2,1H3,(H,21,25)/t14-,16+/m1/s1. The summed E-state index contributed by atoms with van der Waals surface area (Å²) in [4.78, 5) is 51.3. The minimum absolute atomic E-state index is 0.139. The summed E-state index contributed by atoms with van der Waals surface area (Å²) in [6, 6.07) is 6.71. The van der Waals surface area contributed by atoms with Crippen LogP contribution >= 0.6 is 11.8 Å². The van der Waals surface area contributed by atoms with Gasteiger partial charge >= 0.3 is 11.9 Å². The topological polar surface area (TPSA) is 102 Å². The summed E-state index contributed by atoms with van der Waals surface area (Å²) in [5.74, 6) is -1.76. The van der Waals surface area contributed by atoms with E-state index in [4.69, 9.17) is 9.47 Å². The maximum Gasteiger partial charge on any atom is 0.328 e. The van der Waals surface area contributed by atoms with E-state index in [0.29, 0.717) is 13.0 Å². The van der Waals surface area contributed by atoms with E-state index in [1.54, 1.807) is 13.0 Å². The molecule has 2 aliphatic rings. The molecule has 3 rings (SSSR count). The number of carbonyl (C=O) groups excluding carboxylic acids is 4. The predicted molar refractivity (Wildman–Crippen MR) is 106 cm³/mol. The van der Waals surface area contributed by atoms with Gasteiger partial charge in [0.15, 0.2) is 6.61 Å². The number of fused-ring (bicyclic) bond motifs is 1. The molecule has 156 valence electrons. The fraction of sp³-hybridized carbons (Fsp3) is 0.500. The highest BCUT2D eigenvalue weighted by molar-refractivity contribution is 8.01. The number of esters is 2. The van der Waals surface area contributed by atoms with Crippen molar-refractivity contribution in [3.05, 3.63) is 24.3 Å². The van der Waals surface area contributed by atoms with Gasteiger partial charge in [0, 0.05) is 11.4 Å². The van der Waals surface area contributed by atoms with Crippen LogP contribution in [0.5, 0.6) is 0 Å². The van der Waals surface area contributed by atoms with Gasteiger partial charge in [-0.25, -0.2) is 4.79 Å². The molecule has 29 heavy (non-hydrogen) atoms. The molecule has 1 fully saturated rings. The summed E-state index contributed by atoms with van der Waals surface area (Å²) in [5, 5.41) is 2.15. The zero-order valence-corrected chi connectivity index (χ0v) is 17.0. The van der Waals surface area contributed by atoms with Crippen LogP contribution in [-0.2, 0) is 28.7 Å². The quantitative estimate of drug-likeness (QED) is 0.702. The minimum Gasteiger partial charge on any atom is -0.464 e. The Hall–Kier alpha value is -2.55. The molecule has 2 atom stereocenters. The van der Waals surface area contributed by atoms with Crippen LogP contribution in [0, 0.1) is 0 Å². The number of hydrogen-bond acceptors (Lipinski definition) is 7. The Morgan fingerprint density at radius 1 is 1.21 bits per heavy atom. The highest BCUT2D eigenvalue weighted by Gasteiger charge is 2.34. The van der Waals surface area contributed by atoms with E-state index < -0.39 is 35.7 Å². The van der Waals surface area contributed by atoms with E-state index >= 15 is 0 Å². The summed E-state index contributed by atoms with van der Waals surface area (Å²) in [7, 11) is 0. The number of amides is 2. The fourth-order valence-electron chi connectivity index (χ4n) is 3.38. The van der Waals surface area contributed by atoms with Gasteiger partial charge in [-0.2, -0.15) is 0 Å². The molecule has 0 aliphatic carbocycles. The van der Waals surface area contributed by atoms with E-state index in [9.17, 15) is 19.2 Å². The summed E-state index contributed by atoms with van der Waals surface area (Å²) in [5.41, 5.74) is 0.720. The van der Waals surface area contributed by atoms with Gasteiger partial charge in [0.2, 0.25) is 5.91 Å². The number of nitrogens with zero attached hydrogens (tertiary/aromatic N) is 1. The molecule has 1 aromatic rings. The van der Waals surface area contributed by atoms with E-state index in [1.165, 1.54) is 16.7 Å². The van der Waals surface area contributed by atoms with Crippen LogP contribution in [0.2, 0.25) is 0 Å². The summed E-state index contributed by atoms with van der Waals surface area (Å²) in [6.07, 6.45) is 2.02. The molecule has 0 saturated carbocycles. The lowest BCUT2D eigenvalue weighted by Gasteiger charge is -2.33. The van der Waals surface area contributed by atoms with Crippen molar-refractivity contribution >= 4 is 41.2 Å². The van der Waals surface area contributed by atoms with Crippen LogP contribution in [0.15, 0.2) is 29.2 Å². The molecular weight excluding hydrogens is 396 g/mol. The first-order valence-corrected chi connectivity index (χ1v) is 10.6. The van der Waals surface area contributed by atoms with Crippen LogP contribution in [0.4, 0.5) is 5.69 Å². The molecule has 1 saturated heterocycles. The molecule has 0 bridgehead atoms. The average molecular weight is 420 g/mol. The predicted octanol–water partition coefficient (Wildman–Crippen LogP) is 1.98. The number of piperidine rings is 1. The smallest absolute Gasteiger partial charge is 0.328 e. The number of rotatable bonds is 6. The molecule has 0 aromatic heterocycles. The van der Waals surface area contributed by atoms with Gasteiger partial charge in [0.25, 0.3) is 5.91 Å². The maximum absolute atomic E-state index is 12.5. The first-order chi connectivity index (χ1) is 14.0. The third kappa shape index (κ3) is 5.29. The molecule has 0 spiro atoms. The zero-order valence-electron chi connectivity index (χ0n) is 16.2. The molecule has 2 amide bonds. The van der Waals surface area contributed by atoms with Crippen LogP contribution in [0.3, 0.4) is 0 Å². The molecule has 9 heteroatoms. The van der Waals surface area contributed by atoms with Gasteiger partial charge < -0.3 is 19.7 Å². The highest BCUT2D eigenvalue weighted by Crippen LogP contribution is 2.36. The first kappa shape index (κ1) is 21.2. The van der Waals surface area contributed by atoms with E-state index in [1.807, 2.05) is 18.2 Å². The van der Waals surface area contributed by atoms with Gasteiger partial charge in [-0.05, 0) is 38.3 Å². The number of anilines is 1. The molecule has 8 nitrogen and oxygen atoms in total. The monoisotopic (exact) mass is 420 g/mol. The second kappa shape index (κ2) is 9.78. The Bertz CT molecular complexity index is 799. The number of likely N-dealkylation sites (tertiary alicyclic amines) is 1. The number of nitrogens with one attached hydrogen (secondary N) is 1. The van der Waals surface area contributed by atoms with Crippen LogP contribution < -0.4 is 5.32 Å². The summed E-state index contributed by atoms with van der Waals surface area (Å²) < 4.78 is 10.1. The van der Waals surface area contributed by atoms with Crippen molar-refractivity contribution < 1.29 is 28.7 Å². The van der Waals surface area contributed by atoms with Crippen LogP contribution in [0.1, 0.15) is 32.6 Å². The van der Waals surface area contributed by atoms with Gasteiger partial charge in [-0.1, -0.05) is 12.1 Å². The second-order valence-corrected chi connectivity index (χ2v) is 8.05. The van der Waals surface area contributed by atoms with Crippen molar-refractivity contribution in [1.29, 1.82) is 0 Å². The molecule has 0 unspecified atom stereocenters. The van der Waals surface area contributed by atoms with Crippen molar-refractivity contribution in [1.82, 2.24) is 4.90 Å². The fourth-order valence-corrected chi connectivity index (χ4v) is 4.47. The Morgan fingerprint density at radius 3 is 2.79 bits per heavy atom. The average Bonchev–Trinajstić information content (AvgIpc) is 2.72. The molecule has 1 N–H and O–H groups in total. The Morgan fingerprint density at radius 2 is 2.00 bits per heavy atom. The lowest BCUT2D eigenvalue weighted by molar-refractivity contribution is -0.161. The molecule has 1 aromatic carbocycles. The molecule has 2 aliphatic heterocycles. The van der Waals surface area contributed by atoms with Crippen molar-refractivity contribution in [2.24, 2.45) is 0 Å².